The highest BCUT2D eigenvalue weighted by Gasteiger charge is 2.27. The van der Waals surface area contributed by atoms with Gasteiger partial charge in [-0.1, -0.05) is 25.0 Å². The van der Waals surface area contributed by atoms with Gasteiger partial charge in [0.25, 0.3) is 0 Å². The molecule has 0 atom stereocenters. The summed E-state index contributed by atoms with van der Waals surface area (Å²) in [5.41, 5.74) is 9.24. The van der Waals surface area contributed by atoms with Gasteiger partial charge in [-0.15, -0.1) is 0 Å². The Hall–Kier alpha value is -0.300. The Morgan fingerprint density at radius 2 is 2.08 bits per heavy atom. The molecule has 1 nitrogen and oxygen atoms in total. The van der Waals surface area contributed by atoms with Gasteiger partial charge in [0.15, 0.2) is 0 Å². The minimum Gasteiger partial charge on any atom is -0.330 e. The molecule has 1 aliphatic rings. The van der Waals surface area contributed by atoms with E-state index in [0.717, 1.165) is 13.0 Å². The van der Waals surface area contributed by atoms with Crippen molar-refractivity contribution in [3.63, 3.8) is 0 Å². The summed E-state index contributed by atoms with van der Waals surface area (Å²) in [5, 5.41) is 0. The molecule has 0 aliphatic heterocycles. The van der Waals surface area contributed by atoms with Gasteiger partial charge in [-0.05, 0) is 44.6 Å². The lowest BCUT2D eigenvalue weighted by Gasteiger charge is -2.34. The van der Waals surface area contributed by atoms with Crippen LogP contribution >= 0.6 is 0 Å². The third-order valence-electron chi connectivity index (χ3n) is 3.08. The van der Waals surface area contributed by atoms with Crippen LogP contribution in [-0.4, -0.2) is 6.54 Å². The van der Waals surface area contributed by atoms with Gasteiger partial charge >= 0.3 is 0 Å². The topological polar surface area (TPSA) is 26.0 Å². The van der Waals surface area contributed by atoms with Crippen molar-refractivity contribution in [1.82, 2.24) is 0 Å². The summed E-state index contributed by atoms with van der Waals surface area (Å²) in [7, 11) is 0. The zero-order valence-corrected chi connectivity index (χ0v) is 8.61. The van der Waals surface area contributed by atoms with Crippen LogP contribution in [0.3, 0.4) is 0 Å². The summed E-state index contributed by atoms with van der Waals surface area (Å²) < 4.78 is 0. The van der Waals surface area contributed by atoms with Crippen molar-refractivity contribution >= 4 is 0 Å². The van der Waals surface area contributed by atoms with Crippen LogP contribution in [0.1, 0.15) is 46.5 Å². The minimum absolute atomic E-state index is 0.418. The molecule has 0 aromatic rings. The van der Waals surface area contributed by atoms with E-state index in [2.05, 4.69) is 20.8 Å². The average Bonchev–Trinajstić information content (AvgIpc) is 1.97. The Kier molecular flexibility index (Phi) is 2.94. The number of hydrogen-bond acceptors (Lipinski definition) is 1. The third-order valence-corrected chi connectivity index (χ3v) is 3.08. The normalized spacial score (nSPS) is 23.0. The van der Waals surface area contributed by atoms with Crippen molar-refractivity contribution in [1.29, 1.82) is 0 Å². The van der Waals surface area contributed by atoms with E-state index in [0.29, 0.717) is 5.41 Å². The lowest BCUT2D eigenvalue weighted by molar-refractivity contribution is 0.355. The number of rotatable bonds is 2. The van der Waals surface area contributed by atoms with Crippen LogP contribution in [0.15, 0.2) is 11.1 Å². The molecular weight excluding hydrogens is 146 g/mol. The molecule has 0 aromatic heterocycles. The maximum atomic E-state index is 5.61. The van der Waals surface area contributed by atoms with Gasteiger partial charge in [-0.25, -0.2) is 0 Å². The molecule has 0 aromatic carbocycles. The fraction of sp³-hybridized carbons (Fsp3) is 0.818. The van der Waals surface area contributed by atoms with Gasteiger partial charge in [0.05, 0.1) is 0 Å². The largest absolute Gasteiger partial charge is 0.330 e. The van der Waals surface area contributed by atoms with Crippen LogP contribution in [0, 0.1) is 5.41 Å². The van der Waals surface area contributed by atoms with Gasteiger partial charge < -0.3 is 5.73 Å². The molecule has 0 fully saturated rings. The highest BCUT2D eigenvalue weighted by molar-refractivity contribution is 5.22. The Morgan fingerprint density at radius 1 is 1.42 bits per heavy atom. The van der Waals surface area contributed by atoms with E-state index >= 15 is 0 Å². The fourth-order valence-electron chi connectivity index (χ4n) is 2.37. The Labute approximate surface area is 76.0 Å². The van der Waals surface area contributed by atoms with Gasteiger partial charge in [0, 0.05) is 0 Å². The van der Waals surface area contributed by atoms with Crippen molar-refractivity contribution in [3.8, 4) is 0 Å². The maximum absolute atomic E-state index is 5.61. The van der Waals surface area contributed by atoms with E-state index < -0.39 is 0 Å². The molecule has 0 unspecified atom stereocenters. The van der Waals surface area contributed by atoms with E-state index in [1.54, 1.807) is 11.1 Å². The van der Waals surface area contributed by atoms with Crippen LogP contribution in [0.2, 0.25) is 0 Å². The predicted molar refractivity (Wildman–Crippen MR) is 54.0 cm³/mol. The lowest BCUT2D eigenvalue weighted by atomic mass is 9.71. The van der Waals surface area contributed by atoms with E-state index in [1.165, 1.54) is 19.3 Å². The van der Waals surface area contributed by atoms with Gasteiger partial charge in [-0.3, -0.25) is 0 Å². The van der Waals surface area contributed by atoms with Crippen molar-refractivity contribution in [2.75, 3.05) is 6.54 Å². The van der Waals surface area contributed by atoms with Crippen molar-refractivity contribution in [2.24, 2.45) is 11.1 Å². The standard InChI is InChI=1S/C11H21N/c1-9-5-4-7-11(2,3)10(9)6-8-12/h4-8,12H2,1-3H3. The van der Waals surface area contributed by atoms with Crippen LogP contribution in [0.25, 0.3) is 0 Å². The smallest absolute Gasteiger partial charge is 0.00396 e. The van der Waals surface area contributed by atoms with E-state index in [9.17, 15) is 0 Å². The summed E-state index contributed by atoms with van der Waals surface area (Å²) in [5.74, 6) is 0. The highest BCUT2D eigenvalue weighted by Crippen LogP contribution is 2.41. The predicted octanol–water partition coefficient (Wildman–Crippen LogP) is 2.86. The highest BCUT2D eigenvalue weighted by atomic mass is 14.5. The molecule has 1 rings (SSSR count). The maximum Gasteiger partial charge on any atom is -0.00396 e. The number of nitrogens with two attached hydrogens (primary N) is 1. The first-order valence-corrected chi connectivity index (χ1v) is 4.97. The molecule has 1 aliphatic carbocycles. The molecule has 70 valence electrons. The monoisotopic (exact) mass is 167 g/mol. The van der Waals surface area contributed by atoms with E-state index in [-0.39, 0.29) is 0 Å². The second kappa shape index (κ2) is 3.61. The molecule has 12 heavy (non-hydrogen) atoms. The fourth-order valence-corrected chi connectivity index (χ4v) is 2.37. The molecule has 0 radical (unpaired) electrons. The Morgan fingerprint density at radius 3 is 2.58 bits per heavy atom. The molecule has 0 spiro atoms. The first kappa shape index (κ1) is 9.79. The van der Waals surface area contributed by atoms with Crippen molar-refractivity contribution < 1.29 is 0 Å². The number of hydrogen-bond donors (Lipinski definition) is 1. The van der Waals surface area contributed by atoms with E-state index in [1.807, 2.05) is 0 Å². The Bertz CT molecular complexity index is 189. The zero-order valence-electron chi connectivity index (χ0n) is 8.61. The van der Waals surface area contributed by atoms with Crippen LogP contribution in [0.5, 0.6) is 0 Å². The molecule has 0 amide bonds. The average molecular weight is 167 g/mol. The van der Waals surface area contributed by atoms with Crippen molar-refractivity contribution in [2.45, 2.75) is 46.5 Å². The summed E-state index contributed by atoms with van der Waals surface area (Å²) in [6, 6.07) is 0. The van der Waals surface area contributed by atoms with Crippen LogP contribution in [0.4, 0.5) is 0 Å². The molecule has 0 bridgehead atoms. The third kappa shape index (κ3) is 1.89. The van der Waals surface area contributed by atoms with Crippen LogP contribution < -0.4 is 5.73 Å². The SMILES string of the molecule is CC1=C(CCN)C(C)(C)CCC1. The minimum atomic E-state index is 0.418. The van der Waals surface area contributed by atoms with Crippen LogP contribution in [-0.2, 0) is 0 Å². The zero-order chi connectivity index (χ0) is 9.19. The summed E-state index contributed by atoms with van der Waals surface area (Å²) in [6.07, 6.45) is 5.07. The number of allylic oxidation sites excluding steroid dienone is 1. The van der Waals surface area contributed by atoms with Crippen molar-refractivity contribution in [3.05, 3.63) is 11.1 Å². The lowest BCUT2D eigenvalue weighted by Crippen LogP contribution is -2.22. The molecule has 0 saturated carbocycles. The second-order valence-electron chi connectivity index (χ2n) is 4.53. The Balaban J connectivity index is 2.84. The van der Waals surface area contributed by atoms with Gasteiger partial charge in [-0.2, -0.15) is 0 Å². The first-order chi connectivity index (χ1) is 5.58. The molecular formula is C11H21N. The molecule has 2 N–H and O–H groups in total. The second-order valence-corrected chi connectivity index (χ2v) is 4.53. The summed E-state index contributed by atoms with van der Waals surface area (Å²) in [6.45, 7) is 7.77. The molecule has 0 heterocycles. The molecule has 1 heteroatoms. The molecule has 0 saturated heterocycles. The first-order valence-electron chi connectivity index (χ1n) is 4.97. The van der Waals surface area contributed by atoms with Gasteiger partial charge in [0.2, 0.25) is 0 Å². The quantitative estimate of drug-likeness (QED) is 0.629. The summed E-state index contributed by atoms with van der Waals surface area (Å²) >= 11 is 0. The summed E-state index contributed by atoms with van der Waals surface area (Å²) in [4.78, 5) is 0. The van der Waals surface area contributed by atoms with Gasteiger partial charge in [0.1, 0.15) is 0 Å². The van der Waals surface area contributed by atoms with E-state index in [4.69, 9.17) is 5.73 Å².